The minimum Gasteiger partial charge on any atom is -0.311 e. The molecule has 0 aromatic carbocycles. The molecule has 0 saturated heterocycles. The lowest BCUT2D eigenvalue weighted by atomic mass is 10.4. The van der Waals surface area contributed by atoms with Crippen molar-refractivity contribution in [3.05, 3.63) is 27.9 Å². The van der Waals surface area contributed by atoms with Crippen LogP contribution in [0.25, 0.3) is 0 Å². The van der Waals surface area contributed by atoms with E-state index in [1.54, 1.807) is 13.1 Å². The Morgan fingerprint density at radius 3 is 3.00 bits per heavy atom. The van der Waals surface area contributed by atoms with Crippen molar-refractivity contribution in [1.82, 2.24) is 9.97 Å². The average Bonchev–Trinajstić information content (AvgIpc) is 1.88. The molecule has 3 nitrogen and oxygen atoms in total. The number of H-pyrrole nitrogens is 1. The molecule has 0 atom stereocenters. The number of nitrogens with one attached hydrogen (secondary N) is 1. The lowest BCUT2D eigenvalue weighted by molar-refractivity contribution is 0.990. The maximum atomic E-state index is 10.9. The second-order valence-corrected chi connectivity index (χ2v) is 2.52. The van der Waals surface area contributed by atoms with Crippen molar-refractivity contribution in [2.75, 3.05) is 0 Å². The van der Waals surface area contributed by atoms with E-state index >= 15 is 0 Å². The van der Waals surface area contributed by atoms with E-state index in [0.717, 1.165) is 0 Å². The molecule has 0 amide bonds. The molecule has 0 unspecified atom stereocenters. The molecule has 1 N–H and O–H groups in total. The van der Waals surface area contributed by atoms with Crippen LogP contribution >= 0.6 is 15.9 Å². The number of rotatable bonds is 1. The summed E-state index contributed by atoms with van der Waals surface area (Å²) in [5.74, 6) is 0.648. The minimum atomic E-state index is -0.0654. The molecule has 0 saturated carbocycles. The molecule has 1 aromatic rings. The molecule has 0 radical (unpaired) electrons. The molecule has 0 bridgehead atoms. The fraction of sp³-hybridized carbons (Fsp3) is 0.333. The number of hydrogen-bond acceptors (Lipinski definition) is 2. The van der Waals surface area contributed by atoms with Crippen LogP contribution < -0.4 is 5.56 Å². The van der Waals surface area contributed by atoms with Crippen LogP contribution in [-0.2, 0) is 5.33 Å². The quantitative estimate of drug-likeness (QED) is 0.691. The Morgan fingerprint density at radius 2 is 2.50 bits per heavy atom. The van der Waals surface area contributed by atoms with Gasteiger partial charge >= 0.3 is 0 Å². The van der Waals surface area contributed by atoms with E-state index in [1.165, 1.54) is 0 Å². The first-order valence-electron chi connectivity index (χ1n) is 2.85. The molecule has 0 fully saturated rings. The summed E-state index contributed by atoms with van der Waals surface area (Å²) in [5.41, 5.74) is 0.593. The summed E-state index contributed by atoms with van der Waals surface area (Å²) >= 11 is 3.17. The molecule has 0 aliphatic heterocycles. The third-order valence-corrected chi connectivity index (χ3v) is 1.75. The summed E-state index contributed by atoms with van der Waals surface area (Å²) in [7, 11) is 0. The normalized spacial score (nSPS) is 9.80. The number of nitrogens with zero attached hydrogens (tertiary/aromatic N) is 1. The third kappa shape index (κ3) is 1.44. The Labute approximate surface area is 66.6 Å². The molecular weight excluding hydrogens is 196 g/mol. The van der Waals surface area contributed by atoms with E-state index in [-0.39, 0.29) is 5.56 Å². The average molecular weight is 203 g/mol. The Kier molecular flexibility index (Phi) is 2.21. The number of halogens is 1. The number of aromatic nitrogens is 2. The zero-order valence-electron chi connectivity index (χ0n) is 5.52. The highest BCUT2D eigenvalue weighted by Gasteiger charge is 1.95. The van der Waals surface area contributed by atoms with Gasteiger partial charge < -0.3 is 4.98 Å². The van der Waals surface area contributed by atoms with Gasteiger partial charge in [0.2, 0.25) is 0 Å². The molecule has 1 heterocycles. The summed E-state index contributed by atoms with van der Waals surface area (Å²) in [5, 5.41) is 0.551. The second kappa shape index (κ2) is 2.96. The highest BCUT2D eigenvalue weighted by molar-refractivity contribution is 9.08. The van der Waals surface area contributed by atoms with Crippen molar-refractivity contribution in [3.8, 4) is 0 Å². The first kappa shape index (κ1) is 7.47. The summed E-state index contributed by atoms with van der Waals surface area (Å²) in [6, 6.07) is 0. The Bertz CT molecular complexity index is 281. The number of aromatic amines is 1. The van der Waals surface area contributed by atoms with Crippen LogP contribution in [0.5, 0.6) is 0 Å². The SMILES string of the molecule is Cc1ncc(CBr)c(=O)[nH]1. The fourth-order valence-electron chi connectivity index (χ4n) is 0.605. The second-order valence-electron chi connectivity index (χ2n) is 1.96. The van der Waals surface area contributed by atoms with Crippen LogP contribution in [0.4, 0.5) is 0 Å². The van der Waals surface area contributed by atoms with Crippen LogP contribution in [-0.4, -0.2) is 9.97 Å². The van der Waals surface area contributed by atoms with Gasteiger partial charge in [-0.3, -0.25) is 4.79 Å². The van der Waals surface area contributed by atoms with Gasteiger partial charge in [0.25, 0.3) is 5.56 Å². The van der Waals surface area contributed by atoms with E-state index in [9.17, 15) is 4.79 Å². The van der Waals surface area contributed by atoms with Crippen LogP contribution in [0.2, 0.25) is 0 Å². The molecular formula is C6H7BrN2O. The molecule has 1 rings (SSSR count). The van der Waals surface area contributed by atoms with Gasteiger partial charge in [0.15, 0.2) is 0 Å². The number of alkyl halides is 1. The van der Waals surface area contributed by atoms with Crippen molar-refractivity contribution >= 4 is 15.9 Å². The van der Waals surface area contributed by atoms with E-state index in [1.807, 2.05) is 0 Å². The Balaban J connectivity index is 3.20. The molecule has 0 aliphatic rings. The fourth-order valence-corrected chi connectivity index (χ4v) is 1.00. The molecule has 54 valence electrons. The van der Waals surface area contributed by atoms with Crippen molar-refractivity contribution in [2.45, 2.75) is 12.3 Å². The van der Waals surface area contributed by atoms with Crippen molar-refractivity contribution in [1.29, 1.82) is 0 Å². The van der Waals surface area contributed by atoms with Gasteiger partial charge in [-0.15, -0.1) is 0 Å². The highest BCUT2D eigenvalue weighted by Crippen LogP contribution is 1.95. The van der Waals surface area contributed by atoms with Crippen LogP contribution in [0.15, 0.2) is 11.0 Å². The van der Waals surface area contributed by atoms with Crippen LogP contribution in [0.1, 0.15) is 11.4 Å². The smallest absolute Gasteiger partial charge is 0.254 e. The predicted octanol–water partition coefficient (Wildman–Crippen LogP) is 0.973. The van der Waals surface area contributed by atoms with Crippen molar-refractivity contribution in [3.63, 3.8) is 0 Å². The molecule has 10 heavy (non-hydrogen) atoms. The highest BCUT2D eigenvalue weighted by atomic mass is 79.9. The molecule has 1 aromatic heterocycles. The maximum Gasteiger partial charge on any atom is 0.254 e. The van der Waals surface area contributed by atoms with Crippen molar-refractivity contribution in [2.24, 2.45) is 0 Å². The van der Waals surface area contributed by atoms with Gasteiger partial charge in [-0.05, 0) is 6.92 Å². The number of aryl methyl sites for hydroxylation is 1. The minimum absolute atomic E-state index is 0.0654. The summed E-state index contributed by atoms with van der Waals surface area (Å²) in [4.78, 5) is 17.5. The Hall–Kier alpha value is -0.640. The zero-order valence-corrected chi connectivity index (χ0v) is 7.10. The standard InChI is InChI=1S/C6H7BrN2O/c1-4-8-3-5(2-7)6(10)9-4/h3H,2H2,1H3,(H,8,9,10). The molecule has 0 spiro atoms. The van der Waals surface area contributed by atoms with E-state index in [0.29, 0.717) is 16.7 Å². The van der Waals surface area contributed by atoms with Gasteiger partial charge in [0, 0.05) is 17.1 Å². The first-order valence-corrected chi connectivity index (χ1v) is 3.97. The Morgan fingerprint density at radius 1 is 1.80 bits per heavy atom. The lowest BCUT2D eigenvalue weighted by Gasteiger charge is -1.93. The topological polar surface area (TPSA) is 45.8 Å². The van der Waals surface area contributed by atoms with E-state index in [4.69, 9.17) is 0 Å². The van der Waals surface area contributed by atoms with Crippen LogP contribution in [0, 0.1) is 6.92 Å². The van der Waals surface area contributed by atoms with E-state index < -0.39 is 0 Å². The van der Waals surface area contributed by atoms with E-state index in [2.05, 4.69) is 25.9 Å². The van der Waals surface area contributed by atoms with Gasteiger partial charge in [-0.1, -0.05) is 15.9 Å². The lowest BCUT2D eigenvalue weighted by Crippen LogP contribution is -2.12. The summed E-state index contributed by atoms with van der Waals surface area (Å²) in [6.45, 7) is 1.75. The molecule has 0 aliphatic carbocycles. The van der Waals surface area contributed by atoms with Gasteiger partial charge in [-0.2, -0.15) is 0 Å². The first-order chi connectivity index (χ1) is 4.74. The van der Waals surface area contributed by atoms with Gasteiger partial charge in [-0.25, -0.2) is 4.98 Å². The zero-order chi connectivity index (χ0) is 7.56. The summed E-state index contributed by atoms with van der Waals surface area (Å²) < 4.78 is 0. The monoisotopic (exact) mass is 202 g/mol. The molecule has 4 heteroatoms. The van der Waals surface area contributed by atoms with Crippen molar-refractivity contribution < 1.29 is 0 Å². The summed E-state index contributed by atoms with van der Waals surface area (Å²) in [6.07, 6.45) is 1.57. The largest absolute Gasteiger partial charge is 0.311 e. The third-order valence-electron chi connectivity index (χ3n) is 1.14. The maximum absolute atomic E-state index is 10.9. The van der Waals surface area contributed by atoms with Crippen LogP contribution in [0.3, 0.4) is 0 Å². The van der Waals surface area contributed by atoms with Gasteiger partial charge in [0.05, 0.1) is 0 Å². The predicted molar refractivity (Wildman–Crippen MR) is 42.2 cm³/mol. The van der Waals surface area contributed by atoms with Gasteiger partial charge in [0.1, 0.15) is 5.82 Å². The number of hydrogen-bond donors (Lipinski definition) is 1.